The lowest BCUT2D eigenvalue weighted by Crippen LogP contribution is -2.23. The molecular weight excluding hydrogens is 292 g/mol. The Balaban J connectivity index is 2.20. The predicted molar refractivity (Wildman–Crippen MR) is 80.5 cm³/mol. The van der Waals surface area contributed by atoms with E-state index in [1.165, 1.54) is 23.5 Å². The molecule has 0 radical (unpaired) electrons. The van der Waals surface area contributed by atoms with E-state index in [0.717, 1.165) is 4.88 Å². The van der Waals surface area contributed by atoms with Crippen LogP contribution in [0.4, 0.5) is 11.4 Å². The number of hydrogen-bond donors (Lipinski definition) is 2. The molecule has 2 N–H and O–H groups in total. The molecule has 1 aromatic carbocycles. The van der Waals surface area contributed by atoms with Crippen LogP contribution in [0.5, 0.6) is 0 Å². The molecule has 0 aliphatic heterocycles. The molecule has 2 rings (SSSR count). The highest BCUT2D eigenvalue weighted by Gasteiger charge is 2.20. The molecule has 2 aromatic rings. The Hall–Kier alpha value is -2.48. The number of amides is 1. The Morgan fingerprint density at radius 2 is 2.29 bits per heavy atom. The van der Waals surface area contributed by atoms with Crippen LogP contribution in [0.2, 0.25) is 0 Å². The van der Waals surface area contributed by atoms with Gasteiger partial charge in [-0.3, -0.25) is 19.9 Å². The number of benzene rings is 1. The van der Waals surface area contributed by atoms with Crippen LogP contribution in [0.25, 0.3) is 0 Å². The Bertz CT molecular complexity index is 643. The number of anilines is 1. The molecule has 0 spiro atoms. The number of nitro groups is 1. The van der Waals surface area contributed by atoms with Crippen molar-refractivity contribution in [3.8, 4) is 0 Å². The Morgan fingerprint density at radius 3 is 2.90 bits per heavy atom. The van der Waals surface area contributed by atoms with Crippen molar-refractivity contribution in [2.24, 2.45) is 0 Å². The molecule has 0 bridgehead atoms. The molecule has 8 heteroatoms. The number of carbonyl (C=O) groups is 1. The number of rotatable bonds is 6. The normalized spacial score (nSPS) is 10.1. The minimum atomic E-state index is -0.558. The number of nitro benzene ring substituents is 1. The van der Waals surface area contributed by atoms with E-state index in [2.05, 4.69) is 15.6 Å². The Labute approximate surface area is 125 Å². The summed E-state index contributed by atoms with van der Waals surface area (Å²) in [6, 6.07) is 4.41. The Kier molecular flexibility index (Phi) is 4.83. The highest BCUT2D eigenvalue weighted by Crippen LogP contribution is 2.22. The maximum atomic E-state index is 12.2. The third-order valence-corrected chi connectivity index (χ3v) is 3.51. The van der Waals surface area contributed by atoms with E-state index in [-0.39, 0.29) is 11.3 Å². The Morgan fingerprint density at radius 1 is 1.48 bits per heavy atom. The highest BCUT2D eigenvalue weighted by atomic mass is 32.1. The summed E-state index contributed by atoms with van der Waals surface area (Å²) in [6.45, 7) is 2.87. The smallest absolute Gasteiger partial charge is 0.282 e. The van der Waals surface area contributed by atoms with Crippen molar-refractivity contribution in [3.05, 3.63) is 50.5 Å². The van der Waals surface area contributed by atoms with Crippen LogP contribution >= 0.6 is 11.3 Å². The summed E-state index contributed by atoms with van der Waals surface area (Å²) in [5.41, 5.74) is 2.17. The summed E-state index contributed by atoms with van der Waals surface area (Å²) in [5.74, 6) is -0.477. The van der Waals surface area contributed by atoms with Gasteiger partial charge in [0.1, 0.15) is 5.56 Å². The molecule has 7 nitrogen and oxygen atoms in total. The average Bonchev–Trinajstić information content (AvgIpc) is 2.98. The zero-order valence-corrected chi connectivity index (χ0v) is 12.1. The topological polar surface area (TPSA) is 97.2 Å². The SMILES string of the molecule is CCNc1ccc([N+](=O)[O-])c(C(=O)NCc2cncs2)c1. The van der Waals surface area contributed by atoms with Gasteiger partial charge in [-0.05, 0) is 19.1 Å². The van der Waals surface area contributed by atoms with Gasteiger partial charge in [0, 0.05) is 29.4 Å². The molecule has 0 fully saturated rings. The lowest BCUT2D eigenvalue weighted by molar-refractivity contribution is -0.385. The van der Waals surface area contributed by atoms with Crippen molar-refractivity contribution in [2.45, 2.75) is 13.5 Å². The number of nitrogens with one attached hydrogen (secondary N) is 2. The maximum Gasteiger partial charge on any atom is 0.282 e. The first-order valence-electron chi connectivity index (χ1n) is 6.29. The van der Waals surface area contributed by atoms with E-state index in [0.29, 0.717) is 18.8 Å². The minimum absolute atomic E-state index is 0.0444. The first-order valence-corrected chi connectivity index (χ1v) is 7.17. The molecule has 1 heterocycles. The minimum Gasteiger partial charge on any atom is -0.385 e. The molecule has 0 saturated heterocycles. The third-order valence-electron chi connectivity index (χ3n) is 2.73. The summed E-state index contributed by atoms with van der Waals surface area (Å²) in [4.78, 5) is 27.4. The zero-order valence-electron chi connectivity index (χ0n) is 11.3. The van der Waals surface area contributed by atoms with Crippen LogP contribution < -0.4 is 10.6 Å². The van der Waals surface area contributed by atoms with Gasteiger partial charge < -0.3 is 10.6 Å². The van der Waals surface area contributed by atoms with Gasteiger partial charge in [-0.2, -0.15) is 0 Å². The average molecular weight is 306 g/mol. The summed E-state index contributed by atoms with van der Waals surface area (Å²) >= 11 is 1.41. The van der Waals surface area contributed by atoms with E-state index < -0.39 is 10.8 Å². The number of carbonyl (C=O) groups excluding carboxylic acids is 1. The molecule has 0 atom stereocenters. The van der Waals surface area contributed by atoms with Crippen LogP contribution in [-0.4, -0.2) is 22.4 Å². The fourth-order valence-corrected chi connectivity index (χ4v) is 2.32. The maximum absolute atomic E-state index is 12.2. The van der Waals surface area contributed by atoms with Crippen molar-refractivity contribution >= 4 is 28.6 Å². The second kappa shape index (κ2) is 6.80. The first kappa shape index (κ1) is 14.9. The van der Waals surface area contributed by atoms with Gasteiger partial charge in [0.2, 0.25) is 0 Å². The molecule has 1 aromatic heterocycles. The molecular formula is C13H14N4O3S. The molecule has 110 valence electrons. The van der Waals surface area contributed by atoms with Crippen LogP contribution in [-0.2, 0) is 6.54 Å². The fourth-order valence-electron chi connectivity index (χ4n) is 1.78. The van der Waals surface area contributed by atoms with Crippen molar-refractivity contribution in [3.63, 3.8) is 0 Å². The number of thiazole rings is 1. The molecule has 0 saturated carbocycles. The van der Waals surface area contributed by atoms with Crippen molar-refractivity contribution in [2.75, 3.05) is 11.9 Å². The van der Waals surface area contributed by atoms with Gasteiger partial charge in [-0.1, -0.05) is 0 Å². The molecule has 0 aliphatic carbocycles. The van der Waals surface area contributed by atoms with Gasteiger partial charge in [-0.15, -0.1) is 11.3 Å². The van der Waals surface area contributed by atoms with E-state index in [1.807, 2.05) is 6.92 Å². The number of aromatic nitrogens is 1. The van der Waals surface area contributed by atoms with Crippen molar-refractivity contribution in [1.29, 1.82) is 0 Å². The lowest BCUT2D eigenvalue weighted by atomic mass is 10.1. The standard InChI is InChI=1S/C13H14N4O3S/c1-2-15-9-3-4-12(17(19)20)11(5-9)13(18)16-7-10-6-14-8-21-10/h3-6,8,15H,2,7H2,1H3,(H,16,18). The van der Waals surface area contributed by atoms with Gasteiger partial charge in [0.15, 0.2) is 0 Å². The second-order valence-electron chi connectivity index (χ2n) is 4.17. The lowest BCUT2D eigenvalue weighted by Gasteiger charge is -2.08. The monoisotopic (exact) mass is 306 g/mol. The quantitative estimate of drug-likeness (QED) is 0.631. The molecule has 0 aliphatic rings. The van der Waals surface area contributed by atoms with E-state index in [9.17, 15) is 14.9 Å². The summed E-state index contributed by atoms with van der Waals surface area (Å²) < 4.78 is 0. The van der Waals surface area contributed by atoms with Gasteiger partial charge in [-0.25, -0.2) is 0 Å². The summed E-state index contributed by atoms with van der Waals surface area (Å²) in [7, 11) is 0. The van der Waals surface area contributed by atoms with Crippen molar-refractivity contribution in [1.82, 2.24) is 10.3 Å². The van der Waals surface area contributed by atoms with Crippen LogP contribution in [0, 0.1) is 10.1 Å². The summed E-state index contributed by atoms with van der Waals surface area (Å²) in [5, 5.41) is 16.7. The van der Waals surface area contributed by atoms with E-state index in [4.69, 9.17) is 0 Å². The largest absolute Gasteiger partial charge is 0.385 e. The van der Waals surface area contributed by atoms with Crippen molar-refractivity contribution < 1.29 is 9.72 Å². The van der Waals surface area contributed by atoms with E-state index in [1.54, 1.807) is 17.8 Å². The van der Waals surface area contributed by atoms with Crippen LogP contribution in [0.1, 0.15) is 22.2 Å². The number of hydrogen-bond acceptors (Lipinski definition) is 6. The number of nitrogens with zero attached hydrogens (tertiary/aromatic N) is 2. The predicted octanol–water partition coefficient (Wildman–Crippen LogP) is 2.41. The van der Waals surface area contributed by atoms with E-state index >= 15 is 0 Å². The molecule has 21 heavy (non-hydrogen) atoms. The first-order chi connectivity index (χ1) is 10.1. The summed E-state index contributed by atoms with van der Waals surface area (Å²) in [6.07, 6.45) is 1.65. The molecule has 1 amide bonds. The molecule has 0 unspecified atom stereocenters. The van der Waals surface area contributed by atoms with Crippen LogP contribution in [0.3, 0.4) is 0 Å². The fraction of sp³-hybridized carbons (Fsp3) is 0.231. The second-order valence-corrected chi connectivity index (χ2v) is 5.14. The van der Waals surface area contributed by atoms with Gasteiger partial charge in [0.05, 0.1) is 17.0 Å². The third kappa shape index (κ3) is 3.76. The van der Waals surface area contributed by atoms with Gasteiger partial charge >= 0.3 is 0 Å². The highest BCUT2D eigenvalue weighted by molar-refractivity contribution is 7.09. The van der Waals surface area contributed by atoms with Gasteiger partial charge in [0.25, 0.3) is 11.6 Å². The zero-order chi connectivity index (χ0) is 15.2. The van der Waals surface area contributed by atoms with Crippen LogP contribution in [0.15, 0.2) is 29.9 Å².